The van der Waals surface area contributed by atoms with Crippen molar-refractivity contribution >= 4 is 35.4 Å². The van der Waals surface area contributed by atoms with Gasteiger partial charge in [0.05, 0.1) is 37.1 Å². The zero-order valence-electron chi connectivity index (χ0n) is 17.8. The Balaban J connectivity index is 2.39. The molecule has 0 bridgehead atoms. The SMILES string of the molecule is CNSN(C)CC(=O)N(Cc1cc(C(=O)O)c(Nc2ccc(C)cc2F)c(F)c1F)OC. The number of rotatable bonds is 10. The maximum absolute atomic E-state index is 14.9. The highest BCUT2D eigenvalue weighted by molar-refractivity contribution is 7.95. The summed E-state index contributed by atoms with van der Waals surface area (Å²) in [5.74, 6) is -5.81. The number of nitrogens with zero attached hydrogens (tertiary/aromatic N) is 2. The average Bonchev–Trinajstić information content (AvgIpc) is 2.72. The third-order valence-corrected chi connectivity index (χ3v) is 4.94. The Hall–Kier alpha value is -2.80. The zero-order valence-corrected chi connectivity index (χ0v) is 18.6. The van der Waals surface area contributed by atoms with E-state index in [4.69, 9.17) is 4.84 Å². The number of amides is 1. The maximum atomic E-state index is 14.9. The van der Waals surface area contributed by atoms with Gasteiger partial charge in [-0.2, -0.15) is 0 Å². The molecule has 8 nitrogen and oxygen atoms in total. The van der Waals surface area contributed by atoms with Gasteiger partial charge < -0.3 is 10.4 Å². The first-order chi connectivity index (χ1) is 15.1. The largest absolute Gasteiger partial charge is 0.478 e. The van der Waals surface area contributed by atoms with Crippen molar-refractivity contribution in [2.75, 3.05) is 33.1 Å². The van der Waals surface area contributed by atoms with Crippen molar-refractivity contribution in [1.82, 2.24) is 14.1 Å². The van der Waals surface area contributed by atoms with E-state index in [2.05, 4.69) is 10.0 Å². The number of halogens is 3. The van der Waals surface area contributed by atoms with E-state index >= 15 is 0 Å². The summed E-state index contributed by atoms with van der Waals surface area (Å²) in [6.07, 6.45) is 0. The minimum Gasteiger partial charge on any atom is -0.478 e. The number of aryl methyl sites for hydroxylation is 1. The van der Waals surface area contributed by atoms with E-state index in [1.165, 1.54) is 23.5 Å². The highest BCUT2D eigenvalue weighted by atomic mass is 32.2. The highest BCUT2D eigenvalue weighted by Gasteiger charge is 2.26. The van der Waals surface area contributed by atoms with E-state index < -0.39 is 52.7 Å². The van der Waals surface area contributed by atoms with E-state index in [-0.39, 0.29) is 12.2 Å². The van der Waals surface area contributed by atoms with Crippen molar-refractivity contribution < 1.29 is 32.7 Å². The first-order valence-electron chi connectivity index (χ1n) is 9.25. The molecule has 0 fully saturated rings. The van der Waals surface area contributed by atoms with Crippen LogP contribution in [-0.2, 0) is 16.2 Å². The van der Waals surface area contributed by atoms with E-state index in [0.29, 0.717) is 5.56 Å². The lowest BCUT2D eigenvalue weighted by molar-refractivity contribution is -0.179. The molecule has 0 saturated carbocycles. The number of benzene rings is 2. The molecule has 2 rings (SSSR count). The summed E-state index contributed by atoms with van der Waals surface area (Å²) in [4.78, 5) is 29.1. The molecule has 1 amide bonds. The molecule has 0 aromatic heterocycles. The van der Waals surface area contributed by atoms with Crippen LogP contribution < -0.4 is 10.0 Å². The Morgan fingerprint density at radius 2 is 1.88 bits per heavy atom. The standard InChI is InChI=1S/C20H23F3N4O4S/c1-11-5-6-15(14(21)7-11)25-19-13(20(29)30)8-12(17(22)18(19)23)9-27(31-4)16(28)10-26(3)32-24-2/h5-8,24-25H,9-10H2,1-4H3,(H,29,30). The molecule has 0 atom stereocenters. The van der Waals surface area contributed by atoms with Crippen molar-refractivity contribution in [3.05, 3.63) is 58.4 Å². The second-order valence-electron chi connectivity index (χ2n) is 6.69. The molecule has 12 heteroatoms. The summed E-state index contributed by atoms with van der Waals surface area (Å²) in [7, 11) is 4.45. The van der Waals surface area contributed by atoms with Crippen LogP contribution in [0.1, 0.15) is 21.5 Å². The molecule has 3 N–H and O–H groups in total. The number of hydroxylamine groups is 2. The van der Waals surface area contributed by atoms with Crippen molar-refractivity contribution in [2.45, 2.75) is 13.5 Å². The Morgan fingerprint density at radius 3 is 2.44 bits per heavy atom. The van der Waals surface area contributed by atoms with Gasteiger partial charge in [-0.25, -0.2) is 27.3 Å². The van der Waals surface area contributed by atoms with Gasteiger partial charge in [0, 0.05) is 17.7 Å². The van der Waals surface area contributed by atoms with Gasteiger partial charge in [0.25, 0.3) is 5.91 Å². The number of carbonyl (C=O) groups is 2. The predicted octanol–water partition coefficient (Wildman–Crippen LogP) is 3.46. The van der Waals surface area contributed by atoms with Crippen LogP contribution in [-0.4, -0.2) is 54.1 Å². The topological polar surface area (TPSA) is 94.1 Å². The predicted molar refractivity (Wildman–Crippen MR) is 115 cm³/mol. The van der Waals surface area contributed by atoms with Gasteiger partial charge in [-0.05, 0) is 44.8 Å². The lowest BCUT2D eigenvalue weighted by Crippen LogP contribution is -2.37. The second kappa shape index (κ2) is 11.2. The molecule has 0 unspecified atom stereocenters. The number of likely N-dealkylation sites (N-methyl/N-ethyl adjacent to an activating group) is 1. The first-order valence-corrected chi connectivity index (χ1v) is 10.0. The summed E-state index contributed by atoms with van der Waals surface area (Å²) < 4.78 is 48.1. The maximum Gasteiger partial charge on any atom is 0.337 e. The molecular weight excluding hydrogens is 449 g/mol. The minimum atomic E-state index is -1.57. The minimum absolute atomic E-state index is 0.123. The van der Waals surface area contributed by atoms with Gasteiger partial charge in [0.2, 0.25) is 0 Å². The van der Waals surface area contributed by atoms with Crippen molar-refractivity contribution in [3.63, 3.8) is 0 Å². The normalized spacial score (nSPS) is 11.0. The summed E-state index contributed by atoms with van der Waals surface area (Å²) >= 11 is 1.14. The third-order valence-electron chi connectivity index (χ3n) is 4.31. The summed E-state index contributed by atoms with van der Waals surface area (Å²) in [6.45, 7) is 0.972. The molecule has 0 saturated heterocycles. The van der Waals surface area contributed by atoms with Gasteiger partial charge in [-0.1, -0.05) is 6.07 Å². The number of aromatic carboxylic acids is 1. The van der Waals surface area contributed by atoms with Gasteiger partial charge in [-0.3, -0.25) is 14.4 Å². The van der Waals surface area contributed by atoms with Crippen molar-refractivity contribution in [2.24, 2.45) is 0 Å². The molecule has 2 aromatic carbocycles. The number of nitrogens with one attached hydrogen (secondary N) is 2. The number of hydrogen-bond acceptors (Lipinski definition) is 7. The first kappa shape index (κ1) is 25.5. The van der Waals surface area contributed by atoms with E-state index in [9.17, 15) is 27.9 Å². The molecule has 32 heavy (non-hydrogen) atoms. The Morgan fingerprint density at radius 1 is 1.19 bits per heavy atom. The number of hydrogen-bond donors (Lipinski definition) is 3. The number of carboxylic acid groups (broad SMARTS) is 1. The molecule has 0 spiro atoms. The van der Waals surface area contributed by atoms with Gasteiger partial charge in [0.15, 0.2) is 11.6 Å². The number of anilines is 2. The molecule has 0 aliphatic rings. The van der Waals surface area contributed by atoms with Crippen LogP contribution in [0.3, 0.4) is 0 Å². The lowest BCUT2D eigenvalue weighted by atomic mass is 10.1. The van der Waals surface area contributed by atoms with Crippen molar-refractivity contribution in [3.8, 4) is 0 Å². The molecule has 0 aliphatic heterocycles. The molecular formula is C20H23F3N4O4S. The molecule has 174 valence electrons. The van der Waals surface area contributed by atoms with E-state index in [1.807, 2.05) is 0 Å². The Bertz CT molecular complexity index is 1010. The Kier molecular flexibility index (Phi) is 8.89. The smallest absolute Gasteiger partial charge is 0.337 e. The van der Waals surface area contributed by atoms with Crippen LogP contribution in [0.2, 0.25) is 0 Å². The summed E-state index contributed by atoms with van der Waals surface area (Å²) in [5.41, 5.74) is -1.42. The molecule has 0 radical (unpaired) electrons. The monoisotopic (exact) mass is 472 g/mol. The van der Waals surface area contributed by atoms with Crippen LogP contribution in [0.15, 0.2) is 24.3 Å². The highest BCUT2D eigenvalue weighted by Crippen LogP contribution is 2.31. The fourth-order valence-corrected chi connectivity index (χ4v) is 3.29. The molecule has 2 aromatic rings. The zero-order chi connectivity index (χ0) is 24.0. The quantitative estimate of drug-likeness (QED) is 0.358. The van der Waals surface area contributed by atoms with Gasteiger partial charge >= 0.3 is 5.97 Å². The van der Waals surface area contributed by atoms with Crippen LogP contribution in [0.5, 0.6) is 0 Å². The fourth-order valence-electron chi connectivity index (χ4n) is 2.81. The van der Waals surface area contributed by atoms with Crippen LogP contribution >= 0.6 is 12.1 Å². The fraction of sp³-hybridized carbons (Fsp3) is 0.300. The van der Waals surface area contributed by atoms with Gasteiger partial charge in [0.1, 0.15) is 5.82 Å². The summed E-state index contributed by atoms with van der Waals surface area (Å²) in [5, 5.41) is 12.6. The van der Waals surface area contributed by atoms with Gasteiger partial charge in [-0.15, -0.1) is 0 Å². The molecule has 0 heterocycles. The summed E-state index contributed by atoms with van der Waals surface area (Å²) in [6, 6.07) is 4.85. The van der Waals surface area contributed by atoms with E-state index in [0.717, 1.165) is 29.3 Å². The van der Waals surface area contributed by atoms with Crippen LogP contribution in [0.25, 0.3) is 0 Å². The molecule has 0 aliphatic carbocycles. The van der Waals surface area contributed by atoms with Crippen molar-refractivity contribution in [1.29, 1.82) is 0 Å². The Labute approximate surface area is 187 Å². The lowest BCUT2D eigenvalue weighted by Gasteiger charge is -2.23. The second-order valence-corrected chi connectivity index (χ2v) is 7.91. The third kappa shape index (κ3) is 6.13. The average molecular weight is 472 g/mol. The number of carbonyl (C=O) groups excluding carboxylic acids is 1. The number of carboxylic acids is 1. The van der Waals surface area contributed by atoms with E-state index in [1.54, 1.807) is 21.0 Å². The van der Waals surface area contributed by atoms with Crippen LogP contribution in [0.4, 0.5) is 24.5 Å². The van der Waals surface area contributed by atoms with Crippen LogP contribution in [0, 0.1) is 24.4 Å².